The summed E-state index contributed by atoms with van der Waals surface area (Å²) in [6.07, 6.45) is 4.93. The molecule has 5 rings (SSSR count). The molecule has 0 bridgehead atoms. The summed E-state index contributed by atoms with van der Waals surface area (Å²) < 4.78 is 23.4. The van der Waals surface area contributed by atoms with Gasteiger partial charge in [-0.2, -0.15) is 0 Å². The normalized spacial score (nSPS) is 14.1. The zero-order valence-electron chi connectivity index (χ0n) is 26.5. The lowest BCUT2D eigenvalue weighted by Crippen LogP contribution is -2.35. The highest BCUT2D eigenvalue weighted by atomic mass is 35.5. The summed E-state index contributed by atoms with van der Waals surface area (Å²) in [5.41, 5.74) is 4.18. The molecule has 3 aromatic heterocycles. The summed E-state index contributed by atoms with van der Waals surface area (Å²) in [6, 6.07) is 12.3. The van der Waals surface area contributed by atoms with Crippen LogP contribution >= 0.6 is 23.2 Å². The number of nitrogens with one attached hydrogen (secondary N) is 4. The van der Waals surface area contributed by atoms with E-state index in [-0.39, 0.29) is 22.7 Å². The lowest BCUT2D eigenvalue weighted by atomic mass is 10.1. The third kappa shape index (κ3) is 8.37. The highest BCUT2D eigenvalue weighted by Gasteiger charge is 2.22. The Balaban J connectivity index is 1.32. The van der Waals surface area contributed by atoms with Crippen LogP contribution in [0.25, 0.3) is 22.5 Å². The van der Waals surface area contributed by atoms with Crippen LogP contribution in [0.3, 0.4) is 0 Å². The summed E-state index contributed by atoms with van der Waals surface area (Å²) in [7, 11) is 3.06. The Hall–Kier alpha value is -4.36. The van der Waals surface area contributed by atoms with E-state index >= 15 is 0 Å². The Kier molecular flexibility index (Phi) is 12.1. The number of aromatic nitrogens is 3. The number of carbonyl (C=O) groups is 2. The molecule has 1 unspecified atom stereocenters. The Morgan fingerprint density at radius 2 is 1.85 bits per heavy atom. The number of alkyl halides is 1. The molecule has 1 fully saturated rings. The summed E-state index contributed by atoms with van der Waals surface area (Å²) in [4.78, 5) is 38.2. The van der Waals surface area contributed by atoms with Gasteiger partial charge in [-0.05, 0) is 37.6 Å². The highest BCUT2D eigenvalue weighted by Crippen LogP contribution is 2.40. The summed E-state index contributed by atoms with van der Waals surface area (Å²) >= 11 is 13.8. The van der Waals surface area contributed by atoms with Crippen molar-refractivity contribution in [1.82, 2.24) is 30.9 Å². The first-order valence-electron chi connectivity index (χ1n) is 15.4. The van der Waals surface area contributed by atoms with Crippen molar-refractivity contribution in [3.63, 3.8) is 0 Å². The zero-order valence-corrected chi connectivity index (χ0v) is 28.1. The van der Waals surface area contributed by atoms with E-state index in [1.807, 2.05) is 12.1 Å². The van der Waals surface area contributed by atoms with Gasteiger partial charge in [0.15, 0.2) is 0 Å². The molecule has 1 aromatic carbocycles. The van der Waals surface area contributed by atoms with Crippen molar-refractivity contribution < 1.29 is 23.5 Å². The molecule has 1 saturated heterocycles. The van der Waals surface area contributed by atoms with Gasteiger partial charge in [-0.3, -0.25) is 23.9 Å². The molecule has 0 radical (unpaired) electrons. The molecule has 252 valence electrons. The Morgan fingerprint density at radius 3 is 2.60 bits per heavy atom. The van der Waals surface area contributed by atoms with Crippen molar-refractivity contribution in [2.24, 2.45) is 0 Å². The van der Waals surface area contributed by atoms with Gasteiger partial charge in [-0.15, -0.1) is 0 Å². The molecule has 0 saturated carbocycles. The number of methoxy groups -OCH3 is 2. The Morgan fingerprint density at radius 1 is 1.02 bits per heavy atom. The van der Waals surface area contributed by atoms with E-state index in [2.05, 4.69) is 31.2 Å². The number of amides is 2. The minimum absolute atomic E-state index is 0.0777. The minimum Gasteiger partial charge on any atom is -0.496 e. The molecule has 11 nitrogen and oxygen atoms in total. The molecular weight excluding hydrogens is 660 g/mol. The topological polar surface area (TPSA) is 139 Å². The van der Waals surface area contributed by atoms with Crippen molar-refractivity contribution in [3.05, 3.63) is 81.7 Å². The predicted octanol–water partition coefficient (Wildman–Crippen LogP) is 5.60. The van der Waals surface area contributed by atoms with Gasteiger partial charge in [0.1, 0.15) is 11.4 Å². The van der Waals surface area contributed by atoms with Gasteiger partial charge in [0.25, 0.3) is 5.91 Å². The van der Waals surface area contributed by atoms with Crippen molar-refractivity contribution in [2.75, 3.05) is 39.3 Å². The number of carbonyl (C=O) groups excluding carboxylic acids is 2. The highest BCUT2D eigenvalue weighted by molar-refractivity contribution is 6.39. The predicted molar refractivity (Wildman–Crippen MR) is 183 cm³/mol. The molecule has 4 aromatic rings. The summed E-state index contributed by atoms with van der Waals surface area (Å²) in [5, 5.41) is 12.8. The van der Waals surface area contributed by atoms with Crippen LogP contribution in [0.4, 0.5) is 10.1 Å². The first kappa shape index (κ1) is 35.0. The van der Waals surface area contributed by atoms with E-state index in [1.54, 1.807) is 49.8 Å². The summed E-state index contributed by atoms with van der Waals surface area (Å²) in [5.74, 6) is 0.507. The number of hydrogen-bond donors (Lipinski definition) is 4. The van der Waals surface area contributed by atoms with Crippen LogP contribution in [-0.4, -0.2) is 66.8 Å². The maximum Gasteiger partial charge on any atom is 0.274 e. The number of rotatable bonds is 15. The van der Waals surface area contributed by atoms with E-state index < -0.39 is 12.6 Å². The fraction of sp³-hybridized carbons (Fsp3) is 0.324. The number of hydrogen-bond acceptors (Lipinski definition) is 9. The fourth-order valence-electron chi connectivity index (χ4n) is 5.30. The molecule has 1 atom stereocenters. The second-order valence-electron chi connectivity index (χ2n) is 11.0. The van der Waals surface area contributed by atoms with Crippen LogP contribution in [0.2, 0.25) is 10.0 Å². The molecule has 48 heavy (non-hydrogen) atoms. The SMILES string of the molecule is COc1cc(C(=O)Nc2cccc(-c3nccc(-c4ccc(CNCC5CCC(=O)N5)c(OC)n4)c3Cl)c2Cl)ncc1CNCCCF. The van der Waals surface area contributed by atoms with E-state index in [0.717, 1.165) is 17.5 Å². The van der Waals surface area contributed by atoms with Crippen LogP contribution in [0.1, 0.15) is 40.9 Å². The number of anilines is 1. The van der Waals surface area contributed by atoms with E-state index in [9.17, 15) is 14.0 Å². The van der Waals surface area contributed by atoms with E-state index in [0.29, 0.717) is 83.9 Å². The fourth-order valence-corrected chi connectivity index (χ4v) is 5.87. The lowest BCUT2D eigenvalue weighted by Gasteiger charge is -2.15. The maximum absolute atomic E-state index is 13.2. The smallest absolute Gasteiger partial charge is 0.274 e. The minimum atomic E-state index is -0.490. The molecule has 1 aliphatic heterocycles. The Bertz CT molecular complexity index is 1780. The van der Waals surface area contributed by atoms with Crippen LogP contribution in [-0.2, 0) is 17.9 Å². The van der Waals surface area contributed by atoms with Crippen molar-refractivity contribution in [3.8, 4) is 34.1 Å². The van der Waals surface area contributed by atoms with Crippen LogP contribution in [0, 0.1) is 0 Å². The third-order valence-electron chi connectivity index (χ3n) is 7.79. The maximum atomic E-state index is 13.2. The average molecular weight is 697 g/mol. The molecule has 4 heterocycles. The first-order chi connectivity index (χ1) is 23.3. The second kappa shape index (κ2) is 16.6. The van der Waals surface area contributed by atoms with Crippen molar-refractivity contribution in [2.45, 2.75) is 38.4 Å². The molecule has 1 aliphatic rings. The molecule has 0 aliphatic carbocycles. The van der Waals surface area contributed by atoms with Gasteiger partial charge in [-0.1, -0.05) is 41.4 Å². The lowest BCUT2D eigenvalue weighted by molar-refractivity contribution is -0.119. The number of halogens is 3. The number of ether oxygens (including phenoxy) is 2. The van der Waals surface area contributed by atoms with Crippen molar-refractivity contribution in [1.29, 1.82) is 0 Å². The van der Waals surface area contributed by atoms with Gasteiger partial charge in [0.05, 0.1) is 48.0 Å². The number of benzene rings is 1. The molecule has 4 N–H and O–H groups in total. The molecule has 14 heteroatoms. The quantitative estimate of drug-likeness (QED) is 0.117. The Labute approximate surface area is 288 Å². The van der Waals surface area contributed by atoms with E-state index in [4.69, 9.17) is 37.7 Å². The van der Waals surface area contributed by atoms with Gasteiger partial charge in [-0.25, -0.2) is 4.98 Å². The second-order valence-corrected chi connectivity index (χ2v) is 11.8. The van der Waals surface area contributed by atoms with Gasteiger partial charge >= 0.3 is 0 Å². The molecule has 0 spiro atoms. The van der Waals surface area contributed by atoms with Crippen molar-refractivity contribution >= 4 is 40.7 Å². The van der Waals surface area contributed by atoms with Gasteiger partial charge < -0.3 is 30.7 Å². The van der Waals surface area contributed by atoms with Gasteiger partial charge in [0.2, 0.25) is 11.8 Å². The monoisotopic (exact) mass is 695 g/mol. The summed E-state index contributed by atoms with van der Waals surface area (Å²) in [6.45, 7) is 1.69. The van der Waals surface area contributed by atoms with Crippen LogP contribution in [0.15, 0.2) is 54.9 Å². The third-order valence-corrected chi connectivity index (χ3v) is 8.58. The zero-order chi connectivity index (χ0) is 34.0. The van der Waals surface area contributed by atoms with Crippen LogP contribution in [0.5, 0.6) is 11.6 Å². The molecule has 2 amide bonds. The number of pyridine rings is 3. The standard InChI is InChI=1S/C34H36Cl2FN7O4/c1-47-28-15-27(41-18-21(28)17-38-13-4-12-37)33(46)43-26-6-3-5-24(30(26)35)32-31(36)23(11-14-40-32)25-9-7-20(34(44-25)48-2)16-39-19-22-8-10-29(45)42-22/h3,5-7,9,11,14-15,18,22,38-39H,4,8,10,12-13,16-17,19H2,1-2H3,(H,42,45)(H,43,46). The average Bonchev–Trinajstić information content (AvgIpc) is 3.52. The number of nitrogens with zero attached hydrogens (tertiary/aromatic N) is 3. The van der Waals surface area contributed by atoms with Gasteiger partial charge in [0, 0.05) is 72.8 Å². The largest absolute Gasteiger partial charge is 0.496 e. The van der Waals surface area contributed by atoms with E-state index in [1.165, 1.54) is 7.11 Å². The van der Waals surface area contributed by atoms with Crippen LogP contribution < -0.4 is 30.7 Å². The molecular formula is C34H36Cl2FN7O4. The first-order valence-corrected chi connectivity index (χ1v) is 16.2.